The van der Waals surface area contributed by atoms with Crippen molar-refractivity contribution in [1.82, 2.24) is 0 Å². The Kier molecular flexibility index (Phi) is 3.62. The van der Waals surface area contributed by atoms with Crippen molar-refractivity contribution < 1.29 is 13.0 Å². The van der Waals surface area contributed by atoms with Gasteiger partial charge in [-0.3, -0.25) is 4.55 Å². The van der Waals surface area contributed by atoms with Gasteiger partial charge in [0.15, 0.2) is 0 Å². The fraction of sp³-hybridized carbons (Fsp3) is 0.571. The lowest BCUT2D eigenvalue weighted by molar-refractivity contribution is 0.421. The Balaban J connectivity index is 2.20. The van der Waals surface area contributed by atoms with Crippen molar-refractivity contribution in [1.29, 1.82) is 0 Å². The largest absolute Gasteiger partial charge is 0.366 e. The quantitative estimate of drug-likeness (QED) is 0.863. The summed E-state index contributed by atoms with van der Waals surface area (Å²) in [5, 5.41) is 0. The molecule has 0 aromatic heterocycles. The third kappa shape index (κ3) is 2.77. The zero-order valence-electron chi connectivity index (χ0n) is 11.6. The van der Waals surface area contributed by atoms with Crippen LogP contribution in [0.15, 0.2) is 24.3 Å². The van der Waals surface area contributed by atoms with Gasteiger partial charge in [-0.15, -0.1) is 0 Å². The smallest absolute Gasteiger partial charge is 0.264 e. The lowest BCUT2D eigenvalue weighted by Crippen LogP contribution is -2.43. The maximum absolute atomic E-state index is 10.8. The number of anilines is 1. The van der Waals surface area contributed by atoms with Gasteiger partial charge in [0.25, 0.3) is 10.1 Å². The second-order valence-corrected chi connectivity index (χ2v) is 7.30. The summed E-state index contributed by atoms with van der Waals surface area (Å²) in [7, 11) is -3.87. The molecule has 0 saturated carbocycles. The molecule has 1 aromatic carbocycles. The first-order valence-corrected chi connectivity index (χ1v) is 8.16. The van der Waals surface area contributed by atoms with E-state index >= 15 is 0 Å². The first-order valence-electron chi connectivity index (χ1n) is 6.55. The van der Waals surface area contributed by atoms with Gasteiger partial charge in [-0.25, -0.2) is 0 Å². The highest BCUT2D eigenvalue weighted by Gasteiger charge is 2.41. The van der Waals surface area contributed by atoms with Crippen molar-refractivity contribution in [2.24, 2.45) is 0 Å². The molecule has 1 aliphatic rings. The fourth-order valence-electron chi connectivity index (χ4n) is 2.84. The van der Waals surface area contributed by atoms with Crippen molar-refractivity contribution in [3.05, 3.63) is 29.8 Å². The summed E-state index contributed by atoms with van der Waals surface area (Å²) >= 11 is 0. The summed E-state index contributed by atoms with van der Waals surface area (Å²) in [5.41, 5.74) is 2.44. The number of benzene rings is 1. The van der Waals surface area contributed by atoms with Crippen LogP contribution in [-0.2, 0) is 10.1 Å². The van der Waals surface area contributed by atoms with Gasteiger partial charge in [0.05, 0.1) is 5.75 Å². The van der Waals surface area contributed by atoms with Gasteiger partial charge in [-0.1, -0.05) is 25.1 Å². The molecule has 19 heavy (non-hydrogen) atoms. The normalized spacial score (nSPS) is 21.5. The Morgan fingerprint density at radius 2 is 1.95 bits per heavy atom. The summed E-state index contributed by atoms with van der Waals surface area (Å²) < 4.78 is 30.4. The van der Waals surface area contributed by atoms with Crippen LogP contribution in [-0.4, -0.2) is 30.8 Å². The third-order valence-electron chi connectivity index (χ3n) is 4.23. The van der Waals surface area contributed by atoms with Gasteiger partial charge >= 0.3 is 0 Å². The third-order valence-corrected chi connectivity index (χ3v) is 5.04. The zero-order chi connectivity index (χ0) is 14.3. The SMILES string of the molecule is CC1c2ccccc2N(CCCS(=O)(=O)O)C1(C)C. The van der Waals surface area contributed by atoms with Gasteiger partial charge < -0.3 is 4.90 Å². The standard InChI is InChI=1S/C14H21NO3S/c1-11-12-7-4-5-8-13(12)15(14(11,2)3)9-6-10-19(16,17)18/h4-5,7-8,11H,6,9-10H2,1-3H3,(H,16,17,18). The van der Waals surface area contributed by atoms with E-state index in [4.69, 9.17) is 4.55 Å². The number of para-hydroxylation sites is 1. The van der Waals surface area contributed by atoms with E-state index in [0.29, 0.717) is 18.9 Å². The van der Waals surface area contributed by atoms with E-state index in [-0.39, 0.29) is 11.3 Å². The Hall–Kier alpha value is -1.07. The Morgan fingerprint density at radius 3 is 2.58 bits per heavy atom. The minimum Gasteiger partial charge on any atom is -0.366 e. The number of rotatable bonds is 4. The molecule has 1 heterocycles. The first kappa shape index (κ1) is 14.3. The molecule has 0 aliphatic carbocycles. The fourth-order valence-corrected chi connectivity index (χ4v) is 3.33. The van der Waals surface area contributed by atoms with Gasteiger partial charge in [0, 0.05) is 23.7 Å². The molecular formula is C14H21NO3S. The summed E-state index contributed by atoms with van der Waals surface area (Å²) in [6.07, 6.45) is 0.434. The highest BCUT2D eigenvalue weighted by molar-refractivity contribution is 7.85. The summed E-state index contributed by atoms with van der Waals surface area (Å²) in [6, 6.07) is 8.24. The molecule has 2 rings (SSSR count). The molecule has 5 heteroatoms. The Bertz CT molecular complexity index is 566. The highest BCUT2D eigenvalue weighted by Crippen LogP contribution is 2.46. The van der Waals surface area contributed by atoms with Crippen molar-refractivity contribution in [2.75, 3.05) is 17.2 Å². The maximum Gasteiger partial charge on any atom is 0.264 e. The number of hydrogen-bond acceptors (Lipinski definition) is 3. The molecule has 4 nitrogen and oxygen atoms in total. The summed E-state index contributed by atoms with van der Waals surface area (Å²) in [5.74, 6) is 0.213. The lowest BCUT2D eigenvalue weighted by Gasteiger charge is -2.37. The van der Waals surface area contributed by atoms with E-state index in [2.05, 4.69) is 37.8 Å². The maximum atomic E-state index is 10.8. The molecule has 1 unspecified atom stereocenters. The lowest BCUT2D eigenvalue weighted by atomic mass is 9.87. The van der Waals surface area contributed by atoms with Crippen molar-refractivity contribution in [2.45, 2.75) is 38.6 Å². The molecule has 1 aromatic rings. The number of nitrogens with zero attached hydrogens (tertiary/aromatic N) is 1. The molecular weight excluding hydrogens is 262 g/mol. The van der Waals surface area contributed by atoms with E-state index in [1.54, 1.807) is 0 Å². The molecule has 0 fully saturated rings. The topological polar surface area (TPSA) is 57.6 Å². The van der Waals surface area contributed by atoms with Crippen LogP contribution in [0, 0.1) is 0 Å². The van der Waals surface area contributed by atoms with Gasteiger partial charge in [0.1, 0.15) is 0 Å². The van der Waals surface area contributed by atoms with E-state index in [1.165, 1.54) is 11.3 Å². The Labute approximate surface area is 115 Å². The van der Waals surface area contributed by atoms with E-state index < -0.39 is 10.1 Å². The molecule has 1 N–H and O–H groups in total. The van der Waals surface area contributed by atoms with Crippen LogP contribution in [0.3, 0.4) is 0 Å². The van der Waals surface area contributed by atoms with Crippen LogP contribution in [0.25, 0.3) is 0 Å². The predicted octanol–water partition coefficient (Wildman–Crippen LogP) is 2.67. The van der Waals surface area contributed by atoms with Crippen molar-refractivity contribution >= 4 is 15.8 Å². The van der Waals surface area contributed by atoms with Crippen LogP contribution in [0.4, 0.5) is 5.69 Å². The van der Waals surface area contributed by atoms with Gasteiger partial charge in [0.2, 0.25) is 0 Å². The zero-order valence-corrected chi connectivity index (χ0v) is 12.4. The molecule has 0 radical (unpaired) electrons. The van der Waals surface area contributed by atoms with E-state index in [0.717, 1.165) is 0 Å². The van der Waals surface area contributed by atoms with E-state index in [1.807, 2.05) is 12.1 Å². The van der Waals surface area contributed by atoms with Crippen LogP contribution in [0.1, 0.15) is 38.7 Å². The minimum atomic E-state index is -3.87. The average molecular weight is 283 g/mol. The monoisotopic (exact) mass is 283 g/mol. The molecule has 1 aliphatic heterocycles. The molecule has 0 spiro atoms. The van der Waals surface area contributed by atoms with Crippen LogP contribution in [0.5, 0.6) is 0 Å². The molecule has 0 amide bonds. The summed E-state index contributed by atoms with van der Waals surface area (Å²) in [4.78, 5) is 2.25. The minimum absolute atomic E-state index is 0.0388. The predicted molar refractivity (Wildman–Crippen MR) is 77.3 cm³/mol. The molecule has 106 valence electrons. The second kappa shape index (κ2) is 4.80. The summed E-state index contributed by atoms with van der Waals surface area (Å²) in [6.45, 7) is 7.17. The molecule has 0 saturated heterocycles. The van der Waals surface area contributed by atoms with E-state index in [9.17, 15) is 8.42 Å². The second-order valence-electron chi connectivity index (χ2n) is 5.73. The van der Waals surface area contributed by atoms with Crippen molar-refractivity contribution in [3.8, 4) is 0 Å². The van der Waals surface area contributed by atoms with Gasteiger partial charge in [-0.05, 0) is 31.9 Å². The molecule has 0 bridgehead atoms. The molecule has 1 atom stereocenters. The highest BCUT2D eigenvalue weighted by atomic mass is 32.2. The van der Waals surface area contributed by atoms with Crippen LogP contribution in [0.2, 0.25) is 0 Å². The van der Waals surface area contributed by atoms with Crippen LogP contribution >= 0.6 is 0 Å². The van der Waals surface area contributed by atoms with Crippen LogP contribution < -0.4 is 4.90 Å². The van der Waals surface area contributed by atoms with Crippen molar-refractivity contribution in [3.63, 3.8) is 0 Å². The average Bonchev–Trinajstić information content (AvgIpc) is 2.49. The number of hydrogen-bond donors (Lipinski definition) is 1. The Morgan fingerprint density at radius 1 is 1.32 bits per heavy atom. The number of fused-ring (bicyclic) bond motifs is 1. The first-order chi connectivity index (χ1) is 8.73. The van der Waals surface area contributed by atoms with Gasteiger partial charge in [-0.2, -0.15) is 8.42 Å².